The van der Waals surface area contributed by atoms with Gasteiger partial charge >= 0.3 is 5.97 Å². The van der Waals surface area contributed by atoms with Gasteiger partial charge in [0.05, 0.1) is 25.4 Å². The van der Waals surface area contributed by atoms with E-state index in [0.717, 1.165) is 44.9 Å². The van der Waals surface area contributed by atoms with E-state index in [9.17, 15) is 19.8 Å². The van der Waals surface area contributed by atoms with E-state index in [4.69, 9.17) is 4.74 Å². The van der Waals surface area contributed by atoms with Crippen LogP contribution in [0.4, 0.5) is 0 Å². The molecule has 60 heavy (non-hydrogen) atoms. The van der Waals surface area contributed by atoms with Crippen molar-refractivity contribution in [2.75, 3.05) is 13.2 Å². The molecular weight excluding hydrogens is 743 g/mol. The number of aliphatic hydroxyl groups excluding tert-OH is 2. The van der Waals surface area contributed by atoms with Crippen molar-refractivity contribution in [2.45, 2.75) is 296 Å². The molecule has 0 saturated heterocycles. The summed E-state index contributed by atoms with van der Waals surface area (Å²) in [4.78, 5) is 24.4. The van der Waals surface area contributed by atoms with E-state index in [1.54, 1.807) is 6.08 Å². The number of allylic oxidation sites excluding steroid dienone is 3. The predicted octanol–water partition coefficient (Wildman–Crippen LogP) is 15.9. The Morgan fingerprint density at radius 3 is 1.18 bits per heavy atom. The molecule has 6 heteroatoms. The van der Waals surface area contributed by atoms with Crippen molar-refractivity contribution < 1.29 is 24.5 Å². The van der Waals surface area contributed by atoms with E-state index in [1.165, 1.54) is 212 Å². The molecule has 0 aromatic carbocycles. The molecule has 0 heterocycles. The van der Waals surface area contributed by atoms with Crippen LogP contribution in [0.3, 0.4) is 0 Å². The summed E-state index contributed by atoms with van der Waals surface area (Å²) in [6.45, 7) is 4.87. The maximum absolute atomic E-state index is 12.4. The van der Waals surface area contributed by atoms with E-state index in [2.05, 4.69) is 31.3 Å². The van der Waals surface area contributed by atoms with Gasteiger partial charge < -0.3 is 20.3 Å². The molecule has 1 amide bonds. The molecule has 0 saturated carbocycles. The first-order valence-electron chi connectivity index (χ1n) is 26.6. The maximum atomic E-state index is 12.4. The average molecular weight is 846 g/mol. The van der Waals surface area contributed by atoms with Crippen LogP contribution in [0.25, 0.3) is 0 Å². The molecule has 0 fully saturated rings. The van der Waals surface area contributed by atoms with Crippen molar-refractivity contribution in [2.24, 2.45) is 0 Å². The Morgan fingerprint density at radius 2 is 0.783 bits per heavy atom. The lowest BCUT2D eigenvalue weighted by Gasteiger charge is -2.20. The highest BCUT2D eigenvalue weighted by molar-refractivity contribution is 5.76. The van der Waals surface area contributed by atoms with Gasteiger partial charge in [0, 0.05) is 12.8 Å². The normalized spacial score (nSPS) is 12.8. The first-order chi connectivity index (χ1) is 29.5. The maximum Gasteiger partial charge on any atom is 0.305 e. The monoisotopic (exact) mass is 846 g/mol. The number of amides is 1. The lowest BCUT2D eigenvalue weighted by molar-refractivity contribution is -0.143. The van der Waals surface area contributed by atoms with Gasteiger partial charge in [0.25, 0.3) is 0 Å². The first kappa shape index (κ1) is 58.3. The Balaban J connectivity index is 3.43. The average Bonchev–Trinajstić information content (AvgIpc) is 3.25. The van der Waals surface area contributed by atoms with Crippen LogP contribution in [0.1, 0.15) is 284 Å². The van der Waals surface area contributed by atoms with Crippen LogP contribution >= 0.6 is 0 Å². The van der Waals surface area contributed by atoms with Crippen molar-refractivity contribution in [1.82, 2.24) is 5.32 Å². The molecular formula is C54H103NO5. The summed E-state index contributed by atoms with van der Waals surface area (Å²) in [5.74, 6) is -0.0818. The molecule has 0 bridgehead atoms. The van der Waals surface area contributed by atoms with Crippen molar-refractivity contribution in [3.05, 3.63) is 24.3 Å². The standard InChI is InChI=1S/C54H103NO5/c1-3-5-7-9-11-13-15-16-17-21-24-28-32-36-40-44-48-54(59)60-49-45-41-37-33-29-25-22-19-18-20-23-27-31-35-39-43-47-53(58)55-51(50-56)52(57)46-42-38-34-30-26-14-12-10-8-6-4-2/h17,21,42,46,51-52,56-57H,3-16,18-20,22-41,43-45,47-50H2,1-2H3,(H,55,58)/b21-17-,46-42+. The largest absolute Gasteiger partial charge is 0.466 e. The highest BCUT2D eigenvalue weighted by Gasteiger charge is 2.18. The van der Waals surface area contributed by atoms with Gasteiger partial charge in [-0.1, -0.05) is 237 Å². The van der Waals surface area contributed by atoms with Crippen LogP contribution in [0, 0.1) is 0 Å². The molecule has 0 aliphatic rings. The number of esters is 1. The van der Waals surface area contributed by atoms with Gasteiger partial charge in [-0.25, -0.2) is 0 Å². The second kappa shape index (κ2) is 50.0. The predicted molar refractivity (Wildman–Crippen MR) is 260 cm³/mol. The number of carbonyl (C=O) groups excluding carboxylic acids is 2. The molecule has 2 unspecified atom stereocenters. The van der Waals surface area contributed by atoms with Gasteiger partial charge in [-0.05, 0) is 57.8 Å². The van der Waals surface area contributed by atoms with Crippen molar-refractivity contribution in [1.29, 1.82) is 0 Å². The molecule has 0 aliphatic heterocycles. The Labute approximate surface area is 373 Å². The van der Waals surface area contributed by atoms with Crippen LogP contribution in [0.5, 0.6) is 0 Å². The Morgan fingerprint density at radius 1 is 0.450 bits per heavy atom. The topological polar surface area (TPSA) is 95.9 Å². The molecule has 0 spiro atoms. The summed E-state index contributed by atoms with van der Waals surface area (Å²) in [6, 6.07) is -0.631. The lowest BCUT2D eigenvalue weighted by Crippen LogP contribution is -2.45. The molecule has 6 nitrogen and oxygen atoms in total. The quantitative estimate of drug-likeness (QED) is 0.0322. The molecule has 3 N–H and O–H groups in total. The van der Waals surface area contributed by atoms with Crippen LogP contribution < -0.4 is 5.32 Å². The SMILES string of the molecule is CCCCCCCCC/C=C\CCCCCCCC(=O)OCCCCCCCCCCCCCCCCCCC(=O)NC(CO)C(O)/C=C/CCCCCCCCCCC. The zero-order valence-electron chi connectivity index (χ0n) is 40.2. The Hall–Kier alpha value is -1.66. The molecule has 2 atom stereocenters. The molecule has 0 aromatic rings. The Bertz CT molecular complexity index is 935. The van der Waals surface area contributed by atoms with Crippen molar-refractivity contribution >= 4 is 11.9 Å². The third-order valence-electron chi connectivity index (χ3n) is 12.2. The van der Waals surface area contributed by atoms with Gasteiger partial charge in [-0.15, -0.1) is 0 Å². The zero-order chi connectivity index (χ0) is 43.7. The highest BCUT2D eigenvalue weighted by Crippen LogP contribution is 2.16. The summed E-state index contributed by atoms with van der Waals surface area (Å²) >= 11 is 0. The number of hydrogen-bond acceptors (Lipinski definition) is 5. The fraction of sp³-hybridized carbons (Fsp3) is 0.889. The minimum absolute atomic E-state index is 0.00558. The number of ether oxygens (including phenoxy) is 1. The summed E-state index contributed by atoms with van der Waals surface area (Å²) in [7, 11) is 0. The fourth-order valence-electron chi connectivity index (χ4n) is 8.10. The number of unbranched alkanes of at least 4 members (excludes halogenated alkanes) is 36. The summed E-state index contributed by atoms with van der Waals surface area (Å²) < 4.78 is 5.47. The second-order valence-corrected chi connectivity index (χ2v) is 18.2. The lowest BCUT2D eigenvalue weighted by atomic mass is 10.0. The van der Waals surface area contributed by atoms with Crippen LogP contribution in [0.2, 0.25) is 0 Å². The fourth-order valence-corrected chi connectivity index (χ4v) is 8.10. The molecule has 0 radical (unpaired) electrons. The van der Waals surface area contributed by atoms with Gasteiger partial charge in [-0.2, -0.15) is 0 Å². The number of nitrogens with one attached hydrogen (secondary N) is 1. The van der Waals surface area contributed by atoms with Crippen LogP contribution in [-0.2, 0) is 14.3 Å². The van der Waals surface area contributed by atoms with Crippen LogP contribution in [-0.4, -0.2) is 47.4 Å². The third kappa shape index (κ3) is 45.9. The number of aliphatic hydroxyl groups is 2. The smallest absolute Gasteiger partial charge is 0.305 e. The summed E-state index contributed by atoms with van der Waals surface area (Å²) in [5.41, 5.74) is 0. The first-order valence-corrected chi connectivity index (χ1v) is 26.6. The minimum atomic E-state index is -0.847. The number of rotatable bonds is 49. The van der Waals surface area contributed by atoms with E-state index < -0.39 is 12.1 Å². The van der Waals surface area contributed by atoms with E-state index in [1.807, 2.05) is 6.08 Å². The molecule has 0 aromatic heterocycles. The van der Waals surface area contributed by atoms with Gasteiger partial charge in [0.2, 0.25) is 5.91 Å². The van der Waals surface area contributed by atoms with Crippen molar-refractivity contribution in [3.8, 4) is 0 Å². The summed E-state index contributed by atoms with van der Waals surface area (Å²) in [5, 5.41) is 23.0. The Kier molecular flexibility index (Phi) is 48.6. The summed E-state index contributed by atoms with van der Waals surface area (Å²) in [6.07, 6.45) is 59.0. The van der Waals surface area contributed by atoms with Gasteiger partial charge in [0.1, 0.15) is 0 Å². The zero-order valence-corrected chi connectivity index (χ0v) is 40.2. The molecule has 0 aliphatic carbocycles. The second-order valence-electron chi connectivity index (χ2n) is 18.2. The highest BCUT2D eigenvalue weighted by atomic mass is 16.5. The van der Waals surface area contributed by atoms with E-state index in [-0.39, 0.29) is 18.5 Å². The van der Waals surface area contributed by atoms with Crippen LogP contribution in [0.15, 0.2) is 24.3 Å². The van der Waals surface area contributed by atoms with E-state index in [0.29, 0.717) is 19.4 Å². The number of hydrogen-bond donors (Lipinski definition) is 3. The minimum Gasteiger partial charge on any atom is -0.466 e. The van der Waals surface area contributed by atoms with Gasteiger partial charge in [-0.3, -0.25) is 9.59 Å². The van der Waals surface area contributed by atoms with Gasteiger partial charge in [0.15, 0.2) is 0 Å². The van der Waals surface area contributed by atoms with E-state index >= 15 is 0 Å². The molecule has 354 valence electrons. The third-order valence-corrected chi connectivity index (χ3v) is 12.2. The molecule has 0 rings (SSSR count). The number of carbonyl (C=O) groups is 2. The van der Waals surface area contributed by atoms with Crippen molar-refractivity contribution in [3.63, 3.8) is 0 Å².